The van der Waals surface area contributed by atoms with Crippen molar-refractivity contribution < 1.29 is 14.0 Å². The van der Waals surface area contributed by atoms with E-state index in [4.69, 9.17) is 0 Å². The predicted molar refractivity (Wildman–Crippen MR) is 102 cm³/mol. The van der Waals surface area contributed by atoms with Gasteiger partial charge in [-0.1, -0.05) is 23.8 Å². The number of H-pyrrole nitrogens is 1. The second-order valence-electron chi connectivity index (χ2n) is 6.84. The molecule has 3 aromatic rings. The minimum Gasteiger partial charge on any atom is -0.361 e. The number of aryl methyl sites for hydroxylation is 1. The number of rotatable bonds is 5. The van der Waals surface area contributed by atoms with Crippen molar-refractivity contribution in [3.05, 3.63) is 65.6 Å². The zero-order chi connectivity index (χ0) is 19.0. The van der Waals surface area contributed by atoms with Crippen LogP contribution in [0.3, 0.4) is 0 Å². The van der Waals surface area contributed by atoms with Gasteiger partial charge in [0.25, 0.3) is 5.91 Å². The van der Waals surface area contributed by atoms with E-state index in [1.54, 1.807) is 6.07 Å². The van der Waals surface area contributed by atoms with Crippen LogP contribution in [0.15, 0.2) is 48.7 Å². The molecule has 138 valence electrons. The Morgan fingerprint density at radius 3 is 2.85 bits per heavy atom. The van der Waals surface area contributed by atoms with Crippen molar-refractivity contribution in [1.82, 2.24) is 10.3 Å². The molecular formula is C21H20FN3O2. The summed E-state index contributed by atoms with van der Waals surface area (Å²) in [5, 5.41) is 4.32. The molecule has 1 aliphatic rings. The molecule has 1 aromatic heterocycles. The fourth-order valence-electron chi connectivity index (χ4n) is 3.56. The molecule has 2 heterocycles. The number of anilines is 1. The number of amides is 2. The molecule has 1 aliphatic heterocycles. The molecule has 0 unspecified atom stereocenters. The molecule has 0 spiro atoms. The van der Waals surface area contributed by atoms with Crippen molar-refractivity contribution in [2.24, 2.45) is 0 Å². The number of hydrogen-bond acceptors (Lipinski definition) is 3. The standard InChI is InChI=1S/C21H20FN3O2/c1-13-6-7-17-15(10-13)14(12-24-17)8-9-23-18-11-20(26)25(21(18)27)19-5-3-2-4-16(19)22/h2-7,10,12,18,23-24H,8-9,11H2,1H3/t18-/m1/s1. The van der Waals surface area contributed by atoms with Crippen LogP contribution in [0.1, 0.15) is 17.5 Å². The molecule has 1 saturated heterocycles. The molecule has 2 aromatic carbocycles. The number of hydrogen-bond donors (Lipinski definition) is 2. The first-order chi connectivity index (χ1) is 13.0. The Hall–Kier alpha value is -2.99. The Balaban J connectivity index is 1.43. The highest BCUT2D eigenvalue weighted by molar-refractivity contribution is 6.22. The molecule has 2 N–H and O–H groups in total. The summed E-state index contributed by atoms with van der Waals surface area (Å²) in [7, 11) is 0. The van der Waals surface area contributed by atoms with Crippen molar-refractivity contribution in [1.29, 1.82) is 0 Å². The van der Waals surface area contributed by atoms with Crippen molar-refractivity contribution in [2.75, 3.05) is 11.4 Å². The van der Waals surface area contributed by atoms with Gasteiger partial charge in [0.2, 0.25) is 5.91 Å². The number of nitrogens with one attached hydrogen (secondary N) is 2. The van der Waals surface area contributed by atoms with Crippen LogP contribution in [-0.2, 0) is 16.0 Å². The van der Waals surface area contributed by atoms with E-state index >= 15 is 0 Å². The molecular weight excluding hydrogens is 345 g/mol. The zero-order valence-electron chi connectivity index (χ0n) is 15.0. The first-order valence-corrected chi connectivity index (χ1v) is 8.96. The Morgan fingerprint density at radius 1 is 1.22 bits per heavy atom. The highest BCUT2D eigenvalue weighted by Crippen LogP contribution is 2.25. The van der Waals surface area contributed by atoms with Gasteiger partial charge >= 0.3 is 0 Å². The second-order valence-corrected chi connectivity index (χ2v) is 6.84. The fourth-order valence-corrected chi connectivity index (χ4v) is 3.56. The Kier molecular flexibility index (Phi) is 4.49. The third-order valence-electron chi connectivity index (χ3n) is 4.95. The first-order valence-electron chi connectivity index (χ1n) is 8.96. The van der Waals surface area contributed by atoms with Crippen LogP contribution in [0, 0.1) is 12.7 Å². The summed E-state index contributed by atoms with van der Waals surface area (Å²) in [6, 6.07) is 11.4. The van der Waals surface area contributed by atoms with E-state index in [-0.39, 0.29) is 18.0 Å². The van der Waals surface area contributed by atoms with E-state index in [0.717, 1.165) is 22.4 Å². The van der Waals surface area contributed by atoms with E-state index in [1.165, 1.54) is 29.1 Å². The van der Waals surface area contributed by atoms with Gasteiger partial charge in [0.05, 0.1) is 18.2 Å². The smallest absolute Gasteiger partial charge is 0.251 e. The Morgan fingerprint density at radius 2 is 2.04 bits per heavy atom. The van der Waals surface area contributed by atoms with Crippen molar-refractivity contribution in [3.8, 4) is 0 Å². The van der Waals surface area contributed by atoms with Gasteiger partial charge in [-0.15, -0.1) is 0 Å². The van der Waals surface area contributed by atoms with Crippen LogP contribution in [-0.4, -0.2) is 29.4 Å². The van der Waals surface area contributed by atoms with Crippen LogP contribution in [0.4, 0.5) is 10.1 Å². The first kappa shape index (κ1) is 17.4. The predicted octanol–water partition coefficient (Wildman–Crippen LogP) is 3.08. The molecule has 1 fully saturated rings. The monoisotopic (exact) mass is 365 g/mol. The van der Waals surface area contributed by atoms with Gasteiger partial charge in [-0.3, -0.25) is 9.59 Å². The number of aromatic amines is 1. The number of imide groups is 1. The fraction of sp³-hybridized carbons (Fsp3) is 0.238. The Labute approximate surface area is 156 Å². The molecule has 0 bridgehead atoms. The highest BCUT2D eigenvalue weighted by atomic mass is 19.1. The molecule has 4 rings (SSSR count). The Bertz CT molecular complexity index is 1030. The summed E-state index contributed by atoms with van der Waals surface area (Å²) in [4.78, 5) is 29.0. The number of benzene rings is 2. The van der Waals surface area contributed by atoms with E-state index in [2.05, 4.69) is 29.4 Å². The number of carbonyl (C=O) groups excluding carboxylic acids is 2. The van der Waals surface area contributed by atoms with Crippen LogP contribution in [0.5, 0.6) is 0 Å². The summed E-state index contributed by atoms with van der Waals surface area (Å²) in [6.45, 7) is 2.60. The number of aromatic nitrogens is 1. The average molecular weight is 365 g/mol. The molecule has 2 amide bonds. The summed E-state index contributed by atoms with van der Waals surface area (Å²) in [5.41, 5.74) is 3.44. The zero-order valence-corrected chi connectivity index (χ0v) is 15.0. The van der Waals surface area contributed by atoms with Crippen LogP contribution in [0.2, 0.25) is 0 Å². The van der Waals surface area contributed by atoms with Crippen molar-refractivity contribution in [2.45, 2.75) is 25.8 Å². The van der Waals surface area contributed by atoms with E-state index in [9.17, 15) is 14.0 Å². The van der Waals surface area contributed by atoms with Crippen LogP contribution >= 0.6 is 0 Å². The molecule has 1 atom stereocenters. The number of nitrogens with zero attached hydrogens (tertiary/aromatic N) is 1. The van der Waals surface area contributed by atoms with Crippen LogP contribution in [0.25, 0.3) is 10.9 Å². The topological polar surface area (TPSA) is 65.2 Å². The normalized spacial score (nSPS) is 17.3. The molecule has 27 heavy (non-hydrogen) atoms. The molecule has 6 heteroatoms. The maximum atomic E-state index is 14.0. The summed E-state index contributed by atoms with van der Waals surface area (Å²) in [5.74, 6) is -1.36. The summed E-state index contributed by atoms with van der Waals surface area (Å²) < 4.78 is 14.0. The molecule has 0 aliphatic carbocycles. The SMILES string of the molecule is Cc1ccc2[nH]cc(CCN[C@@H]3CC(=O)N(c4ccccc4F)C3=O)c2c1. The lowest BCUT2D eigenvalue weighted by molar-refractivity contribution is -0.121. The maximum Gasteiger partial charge on any atom is 0.251 e. The average Bonchev–Trinajstić information content (AvgIpc) is 3.16. The molecule has 0 radical (unpaired) electrons. The van der Waals surface area contributed by atoms with Gasteiger partial charge < -0.3 is 10.3 Å². The maximum absolute atomic E-state index is 14.0. The van der Waals surface area contributed by atoms with Gasteiger partial charge in [0, 0.05) is 23.6 Å². The summed E-state index contributed by atoms with van der Waals surface area (Å²) in [6.07, 6.45) is 2.74. The third-order valence-corrected chi connectivity index (χ3v) is 4.95. The van der Waals surface area contributed by atoms with Gasteiger partial charge in [-0.2, -0.15) is 0 Å². The third kappa shape index (κ3) is 3.24. The van der Waals surface area contributed by atoms with Crippen LogP contribution < -0.4 is 10.2 Å². The van der Waals surface area contributed by atoms with Gasteiger partial charge in [0.15, 0.2) is 0 Å². The quantitative estimate of drug-likeness (QED) is 0.683. The number of para-hydroxylation sites is 1. The summed E-state index contributed by atoms with van der Waals surface area (Å²) >= 11 is 0. The minimum atomic E-state index is -0.621. The van der Waals surface area contributed by atoms with E-state index in [1.807, 2.05) is 12.3 Å². The highest BCUT2D eigenvalue weighted by Gasteiger charge is 2.40. The second kappa shape index (κ2) is 6.96. The lowest BCUT2D eigenvalue weighted by Crippen LogP contribution is -2.39. The van der Waals surface area contributed by atoms with Crippen molar-refractivity contribution >= 4 is 28.4 Å². The largest absolute Gasteiger partial charge is 0.361 e. The number of halogens is 1. The lowest BCUT2D eigenvalue weighted by atomic mass is 10.1. The lowest BCUT2D eigenvalue weighted by Gasteiger charge is -2.16. The number of fused-ring (bicyclic) bond motifs is 1. The van der Waals surface area contributed by atoms with E-state index < -0.39 is 17.8 Å². The van der Waals surface area contributed by atoms with E-state index in [0.29, 0.717) is 6.54 Å². The molecule has 5 nitrogen and oxygen atoms in total. The number of carbonyl (C=O) groups is 2. The van der Waals surface area contributed by atoms with Gasteiger partial charge in [-0.25, -0.2) is 9.29 Å². The minimum absolute atomic E-state index is 0.0175. The van der Waals surface area contributed by atoms with Gasteiger partial charge in [-0.05, 0) is 43.2 Å². The van der Waals surface area contributed by atoms with Gasteiger partial charge in [0.1, 0.15) is 5.82 Å². The molecule has 0 saturated carbocycles. The van der Waals surface area contributed by atoms with Crippen molar-refractivity contribution in [3.63, 3.8) is 0 Å².